The quantitative estimate of drug-likeness (QED) is 0.651. The molecule has 0 saturated carbocycles. The summed E-state index contributed by atoms with van der Waals surface area (Å²) in [7, 11) is 0. The van der Waals surface area contributed by atoms with Gasteiger partial charge in [-0.3, -0.25) is 0 Å². The summed E-state index contributed by atoms with van der Waals surface area (Å²) in [6.45, 7) is 12.9. The number of ether oxygens (including phenoxy) is 1. The zero-order valence-electron chi connectivity index (χ0n) is 9.03. The number of hydrogen-bond donors (Lipinski definition) is 0. The fraction of sp³-hybridized carbons (Fsp3) is 0.417. The third kappa shape index (κ3) is 1.75. The Kier molecular flexibility index (Phi) is 2.51. The van der Waals surface area contributed by atoms with E-state index < -0.39 is 0 Å². The molecular formula is C12H14N2O. The van der Waals surface area contributed by atoms with E-state index in [0.717, 1.165) is 18.0 Å². The van der Waals surface area contributed by atoms with Gasteiger partial charge in [-0.25, -0.2) is 4.85 Å². The van der Waals surface area contributed by atoms with Crippen molar-refractivity contribution < 1.29 is 4.74 Å². The SMILES string of the molecule is [C-]#[N+]c1ccc2c(c1)OCCN2C(C)C. The highest BCUT2D eigenvalue weighted by atomic mass is 16.5. The van der Waals surface area contributed by atoms with Crippen molar-refractivity contribution in [3.63, 3.8) is 0 Å². The molecule has 2 rings (SSSR count). The molecule has 0 bridgehead atoms. The molecule has 0 aliphatic carbocycles. The Balaban J connectivity index is 2.41. The predicted molar refractivity (Wildman–Crippen MR) is 60.7 cm³/mol. The molecule has 3 nitrogen and oxygen atoms in total. The molecule has 1 aromatic carbocycles. The van der Waals surface area contributed by atoms with Crippen LogP contribution in [0, 0.1) is 6.57 Å². The van der Waals surface area contributed by atoms with Gasteiger partial charge < -0.3 is 9.64 Å². The van der Waals surface area contributed by atoms with Gasteiger partial charge in [0, 0.05) is 6.04 Å². The van der Waals surface area contributed by atoms with Gasteiger partial charge in [0.15, 0.2) is 5.69 Å². The van der Waals surface area contributed by atoms with E-state index in [9.17, 15) is 0 Å². The van der Waals surface area contributed by atoms with Gasteiger partial charge in [-0.2, -0.15) is 0 Å². The second-order valence-electron chi connectivity index (χ2n) is 3.90. The number of nitrogens with zero attached hydrogens (tertiary/aromatic N) is 2. The second-order valence-corrected chi connectivity index (χ2v) is 3.90. The van der Waals surface area contributed by atoms with Crippen molar-refractivity contribution in [2.45, 2.75) is 19.9 Å². The van der Waals surface area contributed by atoms with E-state index in [4.69, 9.17) is 11.3 Å². The first-order chi connectivity index (χ1) is 7.22. The molecule has 15 heavy (non-hydrogen) atoms. The highest BCUT2D eigenvalue weighted by Gasteiger charge is 2.19. The van der Waals surface area contributed by atoms with E-state index in [1.54, 1.807) is 0 Å². The third-order valence-corrected chi connectivity index (χ3v) is 2.60. The van der Waals surface area contributed by atoms with Crippen LogP contribution in [0.5, 0.6) is 5.75 Å². The van der Waals surface area contributed by atoms with Crippen LogP contribution in [0.2, 0.25) is 0 Å². The van der Waals surface area contributed by atoms with Gasteiger partial charge in [0.25, 0.3) is 0 Å². The maximum absolute atomic E-state index is 6.95. The molecule has 0 saturated heterocycles. The summed E-state index contributed by atoms with van der Waals surface area (Å²) in [5, 5.41) is 0. The summed E-state index contributed by atoms with van der Waals surface area (Å²) in [5.41, 5.74) is 1.74. The Morgan fingerprint density at radius 3 is 2.93 bits per heavy atom. The molecule has 0 radical (unpaired) electrons. The van der Waals surface area contributed by atoms with Crippen LogP contribution in [-0.2, 0) is 0 Å². The standard InChI is InChI=1S/C12H14N2O/c1-9(2)14-6-7-15-12-8-10(13-3)4-5-11(12)14/h4-5,8-9H,6-7H2,1-2H3. The summed E-state index contributed by atoms with van der Waals surface area (Å²) >= 11 is 0. The van der Waals surface area contributed by atoms with Crippen LogP contribution in [0.4, 0.5) is 11.4 Å². The lowest BCUT2D eigenvalue weighted by Gasteiger charge is -2.34. The molecule has 0 atom stereocenters. The van der Waals surface area contributed by atoms with Gasteiger partial charge >= 0.3 is 0 Å². The van der Waals surface area contributed by atoms with Gasteiger partial charge in [-0.05, 0) is 26.0 Å². The van der Waals surface area contributed by atoms with Gasteiger partial charge in [0.2, 0.25) is 0 Å². The monoisotopic (exact) mass is 202 g/mol. The molecule has 3 heteroatoms. The average molecular weight is 202 g/mol. The Labute approximate surface area is 90.1 Å². The number of benzene rings is 1. The van der Waals surface area contributed by atoms with Gasteiger partial charge in [0.05, 0.1) is 18.8 Å². The van der Waals surface area contributed by atoms with Crippen LogP contribution in [0.1, 0.15) is 13.8 Å². The molecular weight excluding hydrogens is 188 g/mol. The first-order valence-corrected chi connectivity index (χ1v) is 5.13. The molecule has 0 amide bonds. The van der Waals surface area contributed by atoms with Crippen LogP contribution in [0.3, 0.4) is 0 Å². The van der Waals surface area contributed by atoms with Crippen molar-refractivity contribution in [1.29, 1.82) is 0 Å². The Bertz CT molecular complexity index is 407. The van der Waals surface area contributed by atoms with Crippen molar-refractivity contribution in [3.05, 3.63) is 29.6 Å². The maximum atomic E-state index is 6.95. The minimum Gasteiger partial charge on any atom is -0.491 e. The normalized spacial score (nSPS) is 14.4. The number of anilines is 1. The number of rotatable bonds is 1. The average Bonchev–Trinajstić information content (AvgIpc) is 2.27. The fourth-order valence-corrected chi connectivity index (χ4v) is 1.84. The van der Waals surface area contributed by atoms with E-state index in [1.165, 1.54) is 0 Å². The Hall–Kier alpha value is -1.69. The van der Waals surface area contributed by atoms with Crippen molar-refractivity contribution in [3.8, 4) is 5.75 Å². The predicted octanol–water partition coefficient (Wildman–Crippen LogP) is 2.84. The molecule has 1 aliphatic heterocycles. The smallest absolute Gasteiger partial charge is 0.191 e. The van der Waals surface area contributed by atoms with Crippen molar-refractivity contribution in [1.82, 2.24) is 0 Å². The van der Waals surface area contributed by atoms with Gasteiger partial charge in [0.1, 0.15) is 12.4 Å². The van der Waals surface area contributed by atoms with Crippen LogP contribution in [0.15, 0.2) is 18.2 Å². The number of fused-ring (bicyclic) bond motifs is 1. The second kappa shape index (κ2) is 3.82. The lowest BCUT2D eigenvalue weighted by molar-refractivity contribution is 0.303. The minimum atomic E-state index is 0.464. The Morgan fingerprint density at radius 1 is 1.47 bits per heavy atom. The first-order valence-electron chi connectivity index (χ1n) is 5.13. The summed E-state index contributed by atoms with van der Waals surface area (Å²) < 4.78 is 5.56. The lowest BCUT2D eigenvalue weighted by atomic mass is 10.2. The summed E-state index contributed by atoms with van der Waals surface area (Å²) in [6.07, 6.45) is 0. The van der Waals surface area contributed by atoms with Crippen LogP contribution in [-0.4, -0.2) is 19.2 Å². The zero-order chi connectivity index (χ0) is 10.8. The molecule has 0 N–H and O–H groups in total. The topological polar surface area (TPSA) is 16.8 Å². The molecule has 78 valence electrons. The van der Waals surface area contributed by atoms with E-state index in [-0.39, 0.29) is 0 Å². The third-order valence-electron chi connectivity index (χ3n) is 2.60. The summed E-state index contributed by atoms with van der Waals surface area (Å²) in [5.74, 6) is 0.837. The zero-order valence-corrected chi connectivity index (χ0v) is 9.03. The van der Waals surface area contributed by atoms with E-state index in [2.05, 4.69) is 23.6 Å². The maximum Gasteiger partial charge on any atom is 0.191 e. The molecule has 0 spiro atoms. The minimum absolute atomic E-state index is 0.464. The first kappa shape index (κ1) is 9.85. The van der Waals surface area contributed by atoms with Crippen LogP contribution >= 0.6 is 0 Å². The van der Waals surface area contributed by atoms with Crippen LogP contribution in [0.25, 0.3) is 4.85 Å². The van der Waals surface area contributed by atoms with E-state index in [1.807, 2.05) is 18.2 Å². The van der Waals surface area contributed by atoms with Crippen molar-refractivity contribution in [2.75, 3.05) is 18.1 Å². The molecule has 1 heterocycles. The molecule has 0 aromatic heterocycles. The van der Waals surface area contributed by atoms with Gasteiger partial charge in [-0.1, -0.05) is 6.07 Å². The number of hydrogen-bond acceptors (Lipinski definition) is 2. The van der Waals surface area contributed by atoms with E-state index >= 15 is 0 Å². The molecule has 0 unspecified atom stereocenters. The fourth-order valence-electron chi connectivity index (χ4n) is 1.84. The highest BCUT2D eigenvalue weighted by Crippen LogP contribution is 2.35. The molecule has 1 aliphatic rings. The Morgan fingerprint density at radius 2 is 2.27 bits per heavy atom. The summed E-state index contributed by atoms with van der Waals surface area (Å²) in [6, 6.07) is 6.10. The van der Waals surface area contributed by atoms with Crippen molar-refractivity contribution in [2.24, 2.45) is 0 Å². The van der Waals surface area contributed by atoms with Crippen molar-refractivity contribution >= 4 is 11.4 Å². The van der Waals surface area contributed by atoms with E-state index in [0.29, 0.717) is 18.3 Å². The molecule has 1 aromatic rings. The lowest BCUT2D eigenvalue weighted by Crippen LogP contribution is -2.37. The summed E-state index contributed by atoms with van der Waals surface area (Å²) in [4.78, 5) is 5.70. The van der Waals surface area contributed by atoms with Gasteiger partial charge in [-0.15, -0.1) is 0 Å². The molecule has 0 fully saturated rings. The van der Waals surface area contributed by atoms with Crippen LogP contribution < -0.4 is 9.64 Å². The largest absolute Gasteiger partial charge is 0.491 e. The highest BCUT2D eigenvalue weighted by molar-refractivity contribution is 5.66.